The van der Waals surface area contributed by atoms with Crippen molar-refractivity contribution in [3.63, 3.8) is 0 Å². The van der Waals surface area contributed by atoms with Gasteiger partial charge in [0, 0.05) is 10.3 Å². The minimum Gasteiger partial charge on any atom is -0.487 e. The molecule has 6 nitrogen and oxygen atoms in total. The first-order chi connectivity index (χ1) is 10.0. The molecule has 110 valence electrons. The van der Waals surface area contributed by atoms with Gasteiger partial charge in [0.15, 0.2) is 5.75 Å². The third kappa shape index (κ3) is 3.53. The summed E-state index contributed by atoms with van der Waals surface area (Å²) >= 11 is 2.23. The molecule has 1 N–H and O–H groups in total. The van der Waals surface area contributed by atoms with Crippen molar-refractivity contribution in [3.05, 3.63) is 44.6 Å². The lowest BCUT2D eigenvalue weighted by Crippen LogP contribution is -1.98. The summed E-state index contributed by atoms with van der Waals surface area (Å²) in [6.45, 7) is 2.08. The molecule has 1 aromatic heterocycles. The number of carbonyl (C=O) groups is 1. The van der Waals surface area contributed by atoms with Crippen LogP contribution < -0.4 is 4.74 Å². The Balaban J connectivity index is 2.36. The van der Waals surface area contributed by atoms with Crippen LogP contribution in [0.4, 0.5) is 5.69 Å². The lowest BCUT2D eigenvalue weighted by Gasteiger charge is -2.07. The highest BCUT2D eigenvalue weighted by atomic mass is 32.2. The van der Waals surface area contributed by atoms with Crippen LogP contribution in [-0.4, -0.2) is 22.6 Å². The van der Waals surface area contributed by atoms with Gasteiger partial charge in [0.05, 0.1) is 16.4 Å². The zero-order valence-corrected chi connectivity index (χ0v) is 12.6. The summed E-state index contributed by atoms with van der Waals surface area (Å²) in [5, 5.41) is 21.8. The van der Waals surface area contributed by atoms with E-state index in [1.807, 2.05) is 0 Å². The molecular formula is C13H11NO5S2. The quantitative estimate of drug-likeness (QED) is 0.640. The second-order valence-corrected chi connectivity index (χ2v) is 5.87. The lowest BCUT2D eigenvalue weighted by atomic mass is 10.3. The number of rotatable bonds is 6. The molecule has 0 aliphatic carbocycles. The second kappa shape index (κ2) is 6.59. The average Bonchev–Trinajstić information content (AvgIpc) is 2.87. The van der Waals surface area contributed by atoms with E-state index in [1.54, 1.807) is 30.5 Å². The van der Waals surface area contributed by atoms with Crippen molar-refractivity contribution in [3.8, 4) is 5.75 Å². The Morgan fingerprint density at radius 1 is 1.52 bits per heavy atom. The Labute approximate surface area is 128 Å². The molecular weight excluding hydrogens is 314 g/mol. The fourth-order valence-electron chi connectivity index (χ4n) is 1.65. The van der Waals surface area contributed by atoms with E-state index >= 15 is 0 Å². The van der Waals surface area contributed by atoms with E-state index in [0.717, 1.165) is 23.1 Å². The van der Waals surface area contributed by atoms with Crippen LogP contribution in [0.3, 0.4) is 0 Å². The number of aromatic carboxylic acids is 1. The fourth-order valence-corrected chi connectivity index (χ4v) is 3.52. The van der Waals surface area contributed by atoms with Gasteiger partial charge in [-0.25, -0.2) is 4.79 Å². The number of para-hydroxylation sites is 1. The smallest absolute Gasteiger partial charge is 0.345 e. The molecule has 21 heavy (non-hydrogen) atoms. The summed E-state index contributed by atoms with van der Waals surface area (Å²) in [7, 11) is 0. The van der Waals surface area contributed by atoms with Crippen molar-refractivity contribution in [1.82, 2.24) is 0 Å². The highest BCUT2D eigenvalue weighted by molar-refractivity contribution is 7.99. The number of hydrogen-bond acceptors (Lipinski definition) is 6. The first-order valence-electron chi connectivity index (χ1n) is 5.92. The van der Waals surface area contributed by atoms with Crippen LogP contribution in [0, 0.1) is 10.1 Å². The molecule has 0 atom stereocenters. The largest absolute Gasteiger partial charge is 0.487 e. The normalized spacial score (nSPS) is 10.3. The van der Waals surface area contributed by atoms with Gasteiger partial charge in [-0.2, -0.15) is 0 Å². The molecule has 0 aliphatic rings. The lowest BCUT2D eigenvalue weighted by molar-refractivity contribution is -0.388. The van der Waals surface area contributed by atoms with Crippen LogP contribution in [0.15, 0.2) is 39.4 Å². The molecule has 0 saturated carbocycles. The Hall–Kier alpha value is -2.06. The summed E-state index contributed by atoms with van der Waals surface area (Å²) in [4.78, 5) is 22.9. The van der Waals surface area contributed by atoms with Crippen LogP contribution in [0.2, 0.25) is 0 Å². The molecule has 1 aromatic carbocycles. The number of nitrogens with zero attached hydrogens (tertiary/aromatic N) is 1. The molecule has 0 aliphatic heterocycles. The van der Waals surface area contributed by atoms with E-state index in [2.05, 4.69) is 0 Å². The Kier molecular flexibility index (Phi) is 4.81. The van der Waals surface area contributed by atoms with Crippen LogP contribution in [0.1, 0.15) is 16.6 Å². The molecule has 8 heteroatoms. The summed E-state index contributed by atoms with van der Waals surface area (Å²) in [5.41, 5.74) is -0.104. The molecule has 0 spiro atoms. The maximum absolute atomic E-state index is 11.2. The fraction of sp³-hybridized carbons (Fsp3) is 0.154. The third-order valence-electron chi connectivity index (χ3n) is 2.46. The van der Waals surface area contributed by atoms with Gasteiger partial charge in [-0.3, -0.25) is 10.1 Å². The van der Waals surface area contributed by atoms with Crippen molar-refractivity contribution < 1.29 is 19.6 Å². The Bertz CT molecular complexity index is 683. The zero-order chi connectivity index (χ0) is 15.4. The number of benzene rings is 1. The molecule has 1 heterocycles. The molecule has 2 aromatic rings. The maximum Gasteiger partial charge on any atom is 0.345 e. The van der Waals surface area contributed by atoms with Crippen LogP contribution in [-0.2, 0) is 0 Å². The summed E-state index contributed by atoms with van der Waals surface area (Å²) in [6, 6.07) is 6.32. The van der Waals surface area contributed by atoms with Gasteiger partial charge in [-0.05, 0) is 25.1 Å². The molecule has 0 bridgehead atoms. The van der Waals surface area contributed by atoms with Gasteiger partial charge in [-0.1, -0.05) is 17.8 Å². The average molecular weight is 325 g/mol. The first-order valence-corrected chi connectivity index (χ1v) is 7.62. The van der Waals surface area contributed by atoms with Crippen LogP contribution in [0.25, 0.3) is 0 Å². The highest BCUT2D eigenvalue weighted by Crippen LogP contribution is 2.41. The van der Waals surface area contributed by atoms with E-state index in [4.69, 9.17) is 9.84 Å². The number of hydrogen-bond donors (Lipinski definition) is 1. The van der Waals surface area contributed by atoms with Crippen molar-refractivity contribution in [2.45, 2.75) is 16.7 Å². The van der Waals surface area contributed by atoms with Gasteiger partial charge in [-0.15, -0.1) is 11.3 Å². The van der Waals surface area contributed by atoms with Gasteiger partial charge < -0.3 is 9.84 Å². The van der Waals surface area contributed by atoms with Crippen molar-refractivity contribution >= 4 is 34.8 Å². The number of ether oxygens (including phenoxy) is 1. The van der Waals surface area contributed by atoms with Gasteiger partial charge in [0.1, 0.15) is 4.88 Å². The van der Waals surface area contributed by atoms with Gasteiger partial charge in [0.25, 0.3) is 0 Å². The predicted octanol–water partition coefficient (Wildman–Crippen LogP) is 3.90. The number of nitro benzene ring substituents is 1. The molecule has 0 unspecified atom stereocenters. The van der Waals surface area contributed by atoms with Crippen molar-refractivity contribution in [2.24, 2.45) is 0 Å². The number of carboxylic acids is 1. The summed E-state index contributed by atoms with van der Waals surface area (Å²) in [5.74, 6) is -0.800. The third-order valence-corrected chi connectivity index (χ3v) is 4.55. The predicted molar refractivity (Wildman–Crippen MR) is 79.7 cm³/mol. The molecule has 0 radical (unpaired) electrons. The number of nitro groups is 1. The Morgan fingerprint density at radius 3 is 2.86 bits per heavy atom. The van der Waals surface area contributed by atoms with Crippen molar-refractivity contribution in [1.29, 1.82) is 0 Å². The van der Waals surface area contributed by atoms with Crippen molar-refractivity contribution in [2.75, 3.05) is 6.61 Å². The monoisotopic (exact) mass is 325 g/mol. The van der Waals surface area contributed by atoms with E-state index < -0.39 is 10.9 Å². The van der Waals surface area contributed by atoms with E-state index in [1.165, 1.54) is 6.07 Å². The topological polar surface area (TPSA) is 89.7 Å². The Morgan fingerprint density at radius 2 is 2.29 bits per heavy atom. The maximum atomic E-state index is 11.2. The first kappa shape index (κ1) is 15.3. The standard InChI is InChI=1S/C13H11NO5S2/c1-2-19-9-4-3-5-10(12(9)14(17)18)21-8-6-11(13(15)16)20-7-8/h3-7H,2H2,1H3,(H,15,16). The molecule has 0 fully saturated rings. The van der Waals surface area contributed by atoms with E-state index in [9.17, 15) is 14.9 Å². The SMILES string of the molecule is CCOc1cccc(Sc2csc(C(=O)O)c2)c1[N+](=O)[O-]. The van der Waals surface area contributed by atoms with Gasteiger partial charge in [0.2, 0.25) is 0 Å². The highest BCUT2D eigenvalue weighted by Gasteiger charge is 2.22. The molecule has 0 saturated heterocycles. The summed E-state index contributed by atoms with van der Waals surface area (Å²) < 4.78 is 5.27. The van der Waals surface area contributed by atoms with E-state index in [-0.39, 0.29) is 16.3 Å². The van der Waals surface area contributed by atoms with Crippen LogP contribution in [0.5, 0.6) is 5.75 Å². The number of carboxylic acid groups (broad SMARTS) is 1. The number of thiophene rings is 1. The molecule has 2 rings (SSSR count). The van der Waals surface area contributed by atoms with Crippen LogP contribution >= 0.6 is 23.1 Å². The minimum atomic E-state index is -1.01. The zero-order valence-electron chi connectivity index (χ0n) is 10.9. The summed E-state index contributed by atoms with van der Waals surface area (Å²) in [6.07, 6.45) is 0. The molecule has 0 amide bonds. The van der Waals surface area contributed by atoms with Gasteiger partial charge >= 0.3 is 11.7 Å². The second-order valence-electron chi connectivity index (χ2n) is 3.85. The minimum absolute atomic E-state index is 0.104. The van der Waals surface area contributed by atoms with E-state index in [0.29, 0.717) is 16.4 Å².